The standard InChI is InChI=1S/C33H36N/c1-7-25-12-14-26(15-13-25)16-17-28-22-32(27-18-20-29(21-19-27)33(3,4)5)34(6)23-31(28)30-11-9-8-10-24(30)2/h8-23H,7H2,1-6H3/q+1/b17-16+. The maximum absolute atomic E-state index is 2.32. The van der Waals surface area contributed by atoms with Gasteiger partial charge in [0.2, 0.25) is 5.69 Å². The summed E-state index contributed by atoms with van der Waals surface area (Å²) >= 11 is 0. The highest BCUT2D eigenvalue weighted by molar-refractivity contribution is 5.82. The molecule has 34 heavy (non-hydrogen) atoms. The summed E-state index contributed by atoms with van der Waals surface area (Å²) < 4.78 is 2.25. The molecule has 4 aromatic rings. The SMILES string of the molecule is CCc1ccc(/C=C/c2cc(-c3ccc(C(C)(C)C)cc3)[n+](C)cc2-c2ccccc2C)cc1. The van der Waals surface area contributed by atoms with Crippen molar-refractivity contribution in [1.29, 1.82) is 0 Å². The highest BCUT2D eigenvalue weighted by Gasteiger charge is 2.18. The summed E-state index contributed by atoms with van der Waals surface area (Å²) in [6.45, 7) is 11.2. The van der Waals surface area contributed by atoms with Crippen LogP contribution in [-0.4, -0.2) is 0 Å². The molecule has 0 aliphatic heterocycles. The summed E-state index contributed by atoms with van der Waals surface area (Å²) in [6.07, 6.45) is 7.82. The van der Waals surface area contributed by atoms with Gasteiger partial charge in [0, 0.05) is 11.6 Å². The van der Waals surface area contributed by atoms with E-state index in [0.29, 0.717) is 0 Å². The maximum Gasteiger partial charge on any atom is 0.212 e. The lowest BCUT2D eigenvalue weighted by molar-refractivity contribution is -0.659. The van der Waals surface area contributed by atoms with Gasteiger partial charge in [-0.3, -0.25) is 0 Å². The van der Waals surface area contributed by atoms with Crippen molar-refractivity contribution in [2.75, 3.05) is 0 Å². The minimum absolute atomic E-state index is 0.149. The van der Waals surface area contributed by atoms with Crippen molar-refractivity contribution >= 4 is 12.2 Å². The fraction of sp³-hybridized carbons (Fsp3) is 0.242. The quantitative estimate of drug-likeness (QED) is 0.272. The van der Waals surface area contributed by atoms with Crippen LogP contribution in [0.25, 0.3) is 34.5 Å². The smallest absolute Gasteiger partial charge is 0.200 e. The summed E-state index contributed by atoms with van der Waals surface area (Å²) in [7, 11) is 2.14. The summed E-state index contributed by atoms with van der Waals surface area (Å²) in [6, 6.07) is 28.8. The van der Waals surface area contributed by atoms with Gasteiger partial charge >= 0.3 is 0 Å². The van der Waals surface area contributed by atoms with E-state index in [4.69, 9.17) is 0 Å². The van der Waals surface area contributed by atoms with Gasteiger partial charge in [0.1, 0.15) is 7.05 Å². The van der Waals surface area contributed by atoms with E-state index >= 15 is 0 Å². The van der Waals surface area contributed by atoms with Crippen LogP contribution < -0.4 is 4.57 Å². The molecule has 1 heteroatoms. The van der Waals surface area contributed by atoms with E-state index in [-0.39, 0.29) is 5.41 Å². The first-order valence-corrected chi connectivity index (χ1v) is 12.2. The zero-order valence-electron chi connectivity index (χ0n) is 21.4. The minimum Gasteiger partial charge on any atom is -0.200 e. The summed E-state index contributed by atoms with van der Waals surface area (Å²) in [5.74, 6) is 0. The van der Waals surface area contributed by atoms with Crippen LogP contribution in [-0.2, 0) is 18.9 Å². The molecule has 0 saturated carbocycles. The lowest BCUT2D eigenvalue weighted by Crippen LogP contribution is -2.31. The molecule has 172 valence electrons. The largest absolute Gasteiger partial charge is 0.212 e. The van der Waals surface area contributed by atoms with E-state index in [2.05, 4.69) is 143 Å². The van der Waals surface area contributed by atoms with E-state index < -0.39 is 0 Å². The van der Waals surface area contributed by atoms with Crippen LogP contribution in [0.3, 0.4) is 0 Å². The second-order valence-electron chi connectivity index (χ2n) is 10.2. The molecule has 0 bridgehead atoms. The fourth-order valence-corrected chi connectivity index (χ4v) is 4.38. The molecule has 0 aliphatic carbocycles. The Morgan fingerprint density at radius 2 is 1.47 bits per heavy atom. The Balaban J connectivity index is 1.82. The van der Waals surface area contributed by atoms with Gasteiger partial charge in [0.25, 0.3) is 0 Å². The van der Waals surface area contributed by atoms with Gasteiger partial charge in [-0.05, 0) is 64.3 Å². The number of aryl methyl sites for hydroxylation is 3. The Morgan fingerprint density at radius 3 is 2.09 bits per heavy atom. The zero-order chi connectivity index (χ0) is 24.3. The van der Waals surface area contributed by atoms with Crippen molar-refractivity contribution in [3.63, 3.8) is 0 Å². The van der Waals surface area contributed by atoms with Crippen LogP contribution in [0.15, 0.2) is 85.1 Å². The molecular formula is C33H36N+. The molecule has 0 aliphatic rings. The van der Waals surface area contributed by atoms with Gasteiger partial charge in [-0.25, -0.2) is 4.57 Å². The van der Waals surface area contributed by atoms with Gasteiger partial charge in [0.05, 0.1) is 5.56 Å². The predicted molar refractivity (Wildman–Crippen MR) is 147 cm³/mol. The maximum atomic E-state index is 2.32. The third-order valence-corrected chi connectivity index (χ3v) is 6.63. The number of hydrogen-bond acceptors (Lipinski definition) is 0. The van der Waals surface area contributed by atoms with Crippen LogP contribution >= 0.6 is 0 Å². The van der Waals surface area contributed by atoms with Gasteiger partial charge in [-0.1, -0.05) is 101 Å². The number of benzene rings is 3. The van der Waals surface area contributed by atoms with E-state index in [1.807, 2.05) is 0 Å². The third-order valence-electron chi connectivity index (χ3n) is 6.63. The van der Waals surface area contributed by atoms with E-state index in [0.717, 1.165) is 6.42 Å². The Morgan fingerprint density at radius 1 is 0.794 bits per heavy atom. The average Bonchev–Trinajstić information content (AvgIpc) is 2.83. The highest BCUT2D eigenvalue weighted by Crippen LogP contribution is 2.31. The predicted octanol–water partition coefficient (Wildman–Crippen LogP) is 8.18. The van der Waals surface area contributed by atoms with E-state index in [1.54, 1.807) is 0 Å². The second-order valence-corrected chi connectivity index (χ2v) is 10.2. The Labute approximate surface area is 205 Å². The number of pyridine rings is 1. The molecule has 0 N–H and O–H groups in total. The lowest BCUT2D eigenvalue weighted by Gasteiger charge is -2.19. The summed E-state index contributed by atoms with van der Waals surface area (Å²) in [4.78, 5) is 0. The van der Waals surface area contributed by atoms with Crippen molar-refractivity contribution in [2.45, 2.75) is 46.5 Å². The van der Waals surface area contributed by atoms with Crippen LogP contribution in [0.2, 0.25) is 0 Å². The molecule has 0 radical (unpaired) electrons. The van der Waals surface area contributed by atoms with Crippen LogP contribution in [0.4, 0.5) is 0 Å². The van der Waals surface area contributed by atoms with Crippen molar-refractivity contribution in [2.24, 2.45) is 7.05 Å². The molecule has 0 saturated heterocycles. The molecule has 0 fully saturated rings. The van der Waals surface area contributed by atoms with Crippen molar-refractivity contribution in [3.8, 4) is 22.4 Å². The molecule has 0 spiro atoms. The topological polar surface area (TPSA) is 3.88 Å². The molecule has 1 aromatic heterocycles. The monoisotopic (exact) mass is 446 g/mol. The fourth-order valence-electron chi connectivity index (χ4n) is 4.38. The zero-order valence-corrected chi connectivity index (χ0v) is 21.4. The molecule has 0 atom stereocenters. The molecule has 3 aromatic carbocycles. The highest BCUT2D eigenvalue weighted by atomic mass is 14.9. The number of rotatable bonds is 5. The van der Waals surface area contributed by atoms with Crippen LogP contribution in [0.5, 0.6) is 0 Å². The molecule has 0 unspecified atom stereocenters. The summed E-state index contributed by atoms with van der Waals surface area (Å²) in [5, 5.41) is 0. The number of hydrogen-bond donors (Lipinski definition) is 0. The average molecular weight is 447 g/mol. The van der Waals surface area contributed by atoms with Gasteiger partial charge in [-0.2, -0.15) is 0 Å². The first-order valence-electron chi connectivity index (χ1n) is 12.2. The normalized spacial score (nSPS) is 11.8. The summed E-state index contributed by atoms with van der Waals surface area (Å²) in [5.41, 5.74) is 11.6. The van der Waals surface area contributed by atoms with Crippen molar-refractivity contribution in [1.82, 2.24) is 0 Å². The van der Waals surface area contributed by atoms with Crippen LogP contribution in [0.1, 0.15) is 55.5 Å². The number of aromatic nitrogens is 1. The van der Waals surface area contributed by atoms with Gasteiger partial charge in [-0.15, -0.1) is 0 Å². The Bertz CT molecular complexity index is 1300. The Hall–Kier alpha value is -3.45. The second kappa shape index (κ2) is 9.81. The van der Waals surface area contributed by atoms with E-state index in [9.17, 15) is 0 Å². The first-order chi connectivity index (χ1) is 16.3. The third kappa shape index (κ3) is 5.20. The molecule has 1 nitrogen and oxygen atoms in total. The first kappa shape index (κ1) is 23.7. The molecular weight excluding hydrogens is 410 g/mol. The molecule has 1 heterocycles. The molecule has 0 amide bonds. The minimum atomic E-state index is 0.149. The lowest BCUT2D eigenvalue weighted by atomic mass is 9.86. The van der Waals surface area contributed by atoms with Gasteiger partial charge in [0.15, 0.2) is 6.20 Å². The van der Waals surface area contributed by atoms with Crippen molar-refractivity contribution < 1.29 is 4.57 Å². The molecule has 4 rings (SSSR count). The van der Waals surface area contributed by atoms with Crippen LogP contribution in [0, 0.1) is 6.92 Å². The van der Waals surface area contributed by atoms with E-state index in [1.165, 1.54) is 50.2 Å². The Kier molecular flexibility index (Phi) is 6.84. The van der Waals surface area contributed by atoms with Gasteiger partial charge < -0.3 is 0 Å². The number of nitrogens with zero attached hydrogens (tertiary/aromatic N) is 1. The van der Waals surface area contributed by atoms with Crippen molar-refractivity contribution in [3.05, 3.63) is 113 Å².